The number of hydrogen-bond donors (Lipinski definition) is 1. The van der Waals surface area contributed by atoms with Crippen molar-refractivity contribution in [2.24, 2.45) is 0 Å². The molecule has 2 aromatic carbocycles. The van der Waals surface area contributed by atoms with Crippen LogP contribution in [0.4, 0.5) is 20.2 Å². The molecule has 0 fully saturated rings. The number of amides is 1. The fourth-order valence-corrected chi connectivity index (χ4v) is 3.21. The fourth-order valence-electron chi connectivity index (χ4n) is 3.21. The predicted octanol–water partition coefficient (Wildman–Crippen LogP) is 4.53. The number of carbonyl (C=O) groups excluding carboxylic acids is 1. The minimum atomic E-state index is -0.747. The quantitative estimate of drug-likeness (QED) is 0.706. The summed E-state index contributed by atoms with van der Waals surface area (Å²) in [5, 5.41) is 2.98. The molecule has 5 nitrogen and oxygen atoms in total. The van der Waals surface area contributed by atoms with E-state index in [9.17, 15) is 13.6 Å². The number of benzene rings is 2. The number of aromatic nitrogens is 1. The number of ether oxygens (including phenoxy) is 1. The Morgan fingerprint density at radius 2 is 1.93 bits per heavy atom. The lowest BCUT2D eigenvalue weighted by atomic mass is 10.2. The van der Waals surface area contributed by atoms with E-state index < -0.39 is 17.8 Å². The smallest absolute Gasteiger partial charge is 0.262 e. The molecule has 0 unspecified atom stereocenters. The summed E-state index contributed by atoms with van der Waals surface area (Å²) in [4.78, 5) is 18.8. The Hall–Kier alpha value is -3.48. The monoisotopic (exact) mass is 381 g/mol. The molecule has 1 atom stereocenters. The summed E-state index contributed by atoms with van der Waals surface area (Å²) in [5.74, 6) is -0.995. The standard InChI is InChI=1S/C21H17F2N3O2/c1-2-28-15-8-6-14(7-9-15)26-20(19-16(21(26)27)4-3-11-24-19)25-18-10-5-13(22)12-17(18)23/h3-12,20,25H,2H2,1H3/t20-/m0/s1. The van der Waals surface area contributed by atoms with Crippen LogP contribution < -0.4 is 15.0 Å². The first-order valence-electron chi connectivity index (χ1n) is 8.81. The average molecular weight is 381 g/mol. The van der Waals surface area contributed by atoms with Gasteiger partial charge in [-0.3, -0.25) is 14.7 Å². The number of pyridine rings is 1. The first-order chi connectivity index (χ1) is 13.6. The van der Waals surface area contributed by atoms with Crippen molar-refractivity contribution in [3.63, 3.8) is 0 Å². The van der Waals surface area contributed by atoms with Gasteiger partial charge >= 0.3 is 0 Å². The summed E-state index contributed by atoms with van der Waals surface area (Å²) in [6.07, 6.45) is 0.838. The topological polar surface area (TPSA) is 54.5 Å². The molecule has 0 radical (unpaired) electrons. The molecule has 1 aliphatic rings. The molecule has 0 saturated heterocycles. The van der Waals surface area contributed by atoms with E-state index in [-0.39, 0.29) is 11.6 Å². The van der Waals surface area contributed by atoms with E-state index in [4.69, 9.17) is 4.74 Å². The highest BCUT2D eigenvalue weighted by Gasteiger charge is 2.39. The first kappa shape index (κ1) is 17.9. The molecule has 28 heavy (non-hydrogen) atoms. The van der Waals surface area contributed by atoms with E-state index in [1.807, 2.05) is 6.92 Å². The largest absolute Gasteiger partial charge is 0.494 e. The number of nitrogens with one attached hydrogen (secondary N) is 1. The minimum absolute atomic E-state index is 0.0774. The molecular weight excluding hydrogens is 364 g/mol. The number of rotatable bonds is 5. The summed E-state index contributed by atoms with van der Waals surface area (Å²) in [6, 6.07) is 13.6. The van der Waals surface area contributed by atoms with E-state index in [1.165, 1.54) is 11.0 Å². The molecule has 4 rings (SSSR count). The summed E-state index contributed by atoms with van der Waals surface area (Å²) < 4.78 is 32.9. The van der Waals surface area contributed by atoms with Crippen molar-refractivity contribution in [1.29, 1.82) is 0 Å². The summed E-state index contributed by atoms with van der Waals surface area (Å²) >= 11 is 0. The lowest BCUT2D eigenvalue weighted by molar-refractivity contribution is 0.0993. The maximum atomic E-state index is 14.2. The van der Waals surface area contributed by atoms with Gasteiger partial charge in [-0.15, -0.1) is 0 Å². The number of anilines is 2. The number of hydrogen-bond acceptors (Lipinski definition) is 4. The van der Waals surface area contributed by atoms with E-state index in [1.54, 1.807) is 42.6 Å². The molecule has 0 saturated carbocycles. The number of nitrogens with zero attached hydrogens (tertiary/aromatic N) is 2. The second-order valence-corrected chi connectivity index (χ2v) is 6.21. The van der Waals surface area contributed by atoms with Crippen molar-refractivity contribution in [2.75, 3.05) is 16.8 Å². The van der Waals surface area contributed by atoms with Crippen molar-refractivity contribution in [3.05, 3.63) is 83.7 Å². The molecule has 1 aliphatic heterocycles. The highest BCUT2D eigenvalue weighted by molar-refractivity contribution is 6.11. The molecule has 142 valence electrons. The molecule has 3 aromatic rings. The molecule has 7 heteroatoms. The minimum Gasteiger partial charge on any atom is -0.494 e. The maximum absolute atomic E-state index is 14.2. The molecule has 0 spiro atoms. The molecule has 1 amide bonds. The lowest BCUT2D eigenvalue weighted by Crippen LogP contribution is -2.32. The molecule has 2 heterocycles. The predicted molar refractivity (Wildman–Crippen MR) is 101 cm³/mol. The highest BCUT2D eigenvalue weighted by atomic mass is 19.1. The van der Waals surface area contributed by atoms with Gasteiger partial charge in [-0.2, -0.15) is 0 Å². The normalized spacial score (nSPS) is 15.5. The van der Waals surface area contributed by atoms with Gasteiger partial charge in [-0.1, -0.05) is 0 Å². The zero-order chi connectivity index (χ0) is 19.7. The number of fused-ring (bicyclic) bond motifs is 1. The van der Waals surface area contributed by atoms with Crippen LogP contribution in [0.5, 0.6) is 5.75 Å². The van der Waals surface area contributed by atoms with Crippen LogP contribution in [0.3, 0.4) is 0 Å². The van der Waals surface area contributed by atoms with Crippen LogP contribution in [0.1, 0.15) is 29.1 Å². The van der Waals surface area contributed by atoms with Crippen molar-refractivity contribution >= 4 is 17.3 Å². The molecule has 1 N–H and O–H groups in total. The van der Waals surface area contributed by atoms with Gasteiger partial charge in [-0.25, -0.2) is 8.78 Å². The maximum Gasteiger partial charge on any atom is 0.262 e. The average Bonchev–Trinajstić information content (AvgIpc) is 2.97. The second kappa shape index (κ2) is 7.26. The number of carbonyl (C=O) groups is 1. The van der Waals surface area contributed by atoms with Gasteiger partial charge in [0.1, 0.15) is 17.4 Å². The molecule has 0 bridgehead atoms. The van der Waals surface area contributed by atoms with Crippen LogP contribution in [0.25, 0.3) is 0 Å². The van der Waals surface area contributed by atoms with Crippen LogP contribution >= 0.6 is 0 Å². The molecular formula is C21H17F2N3O2. The molecule has 1 aromatic heterocycles. The Labute approximate surface area is 160 Å². The third-order valence-corrected chi connectivity index (χ3v) is 4.45. The van der Waals surface area contributed by atoms with Crippen molar-refractivity contribution < 1.29 is 18.3 Å². The van der Waals surface area contributed by atoms with E-state index in [0.717, 1.165) is 12.1 Å². The van der Waals surface area contributed by atoms with Crippen molar-refractivity contribution in [3.8, 4) is 5.75 Å². The van der Waals surface area contributed by atoms with Crippen LogP contribution in [0.15, 0.2) is 60.8 Å². The summed E-state index contributed by atoms with van der Waals surface area (Å²) in [7, 11) is 0. The fraction of sp³-hybridized carbons (Fsp3) is 0.143. The van der Waals surface area contributed by atoms with Crippen LogP contribution in [-0.4, -0.2) is 17.5 Å². The Kier molecular flexibility index (Phi) is 4.65. The van der Waals surface area contributed by atoms with Crippen molar-refractivity contribution in [1.82, 2.24) is 4.98 Å². The van der Waals surface area contributed by atoms with E-state index in [0.29, 0.717) is 29.3 Å². The van der Waals surface area contributed by atoms with Gasteiger partial charge in [0.2, 0.25) is 0 Å². The third kappa shape index (κ3) is 3.15. The third-order valence-electron chi connectivity index (χ3n) is 4.45. The zero-order valence-corrected chi connectivity index (χ0v) is 15.0. The van der Waals surface area contributed by atoms with Gasteiger partial charge in [0.15, 0.2) is 6.17 Å². The van der Waals surface area contributed by atoms with Gasteiger partial charge in [0, 0.05) is 18.0 Å². The Morgan fingerprint density at radius 1 is 1.14 bits per heavy atom. The summed E-state index contributed by atoms with van der Waals surface area (Å²) in [5.41, 5.74) is 1.58. The first-order valence-corrected chi connectivity index (χ1v) is 8.81. The van der Waals surface area contributed by atoms with Crippen molar-refractivity contribution in [2.45, 2.75) is 13.1 Å². The Morgan fingerprint density at radius 3 is 2.64 bits per heavy atom. The van der Waals surface area contributed by atoms with Gasteiger partial charge in [-0.05, 0) is 55.5 Å². The summed E-state index contributed by atoms with van der Waals surface area (Å²) in [6.45, 7) is 2.42. The Bertz CT molecular complexity index is 1020. The van der Waals surface area contributed by atoms with Gasteiger partial charge < -0.3 is 10.1 Å². The second-order valence-electron chi connectivity index (χ2n) is 6.21. The van der Waals surface area contributed by atoms with E-state index >= 15 is 0 Å². The SMILES string of the molecule is CCOc1ccc(N2C(=O)c3cccnc3[C@H]2Nc2ccc(F)cc2F)cc1. The van der Waals surface area contributed by atoms with Gasteiger partial charge in [0.25, 0.3) is 5.91 Å². The lowest BCUT2D eigenvalue weighted by Gasteiger charge is -2.27. The zero-order valence-electron chi connectivity index (χ0n) is 15.0. The Balaban J connectivity index is 1.74. The molecule has 0 aliphatic carbocycles. The highest BCUT2D eigenvalue weighted by Crippen LogP contribution is 2.37. The number of halogens is 2. The van der Waals surface area contributed by atoms with Gasteiger partial charge in [0.05, 0.1) is 23.6 Å². The van der Waals surface area contributed by atoms with E-state index in [2.05, 4.69) is 10.3 Å². The van der Waals surface area contributed by atoms with Crippen LogP contribution in [0.2, 0.25) is 0 Å². The van der Waals surface area contributed by atoms with Crippen LogP contribution in [0, 0.1) is 11.6 Å². The van der Waals surface area contributed by atoms with Crippen LogP contribution in [-0.2, 0) is 0 Å².